The summed E-state index contributed by atoms with van der Waals surface area (Å²) in [6.45, 7) is 3.34. The molecule has 28 heavy (non-hydrogen) atoms. The van der Waals surface area contributed by atoms with Gasteiger partial charge in [0, 0.05) is 5.92 Å². The molecule has 2 atom stereocenters. The molecular weight excluding hydrogens is 393 g/mol. The molecule has 2 aromatic rings. The molecular formula is C18H15F7N2O. The molecule has 0 spiro atoms. The Hall–Kier alpha value is -2.62. The number of rotatable bonds is 4. The predicted octanol–water partition coefficient (Wildman–Crippen LogP) is 4.64. The summed E-state index contributed by atoms with van der Waals surface area (Å²) in [6, 6.07) is 5.37. The lowest BCUT2D eigenvalue weighted by molar-refractivity contribution is -0.143. The van der Waals surface area contributed by atoms with E-state index in [-0.39, 0.29) is 0 Å². The average Bonchev–Trinajstić information content (AvgIpc) is 2.61. The second-order valence-electron chi connectivity index (χ2n) is 6.22. The first kappa shape index (κ1) is 21.7. The molecule has 0 heterocycles. The van der Waals surface area contributed by atoms with Gasteiger partial charge in [0.1, 0.15) is 11.3 Å². The van der Waals surface area contributed by atoms with E-state index in [4.69, 9.17) is 5.73 Å². The fourth-order valence-corrected chi connectivity index (χ4v) is 2.50. The maximum atomic E-state index is 13.9. The normalized spacial score (nSPS) is 13.9. The first-order valence-corrected chi connectivity index (χ1v) is 7.92. The third-order valence-corrected chi connectivity index (χ3v) is 4.24. The molecule has 2 rings (SSSR count). The van der Waals surface area contributed by atoms with Crippen LogP contribution in [0.15, 0.2) is 24.3 Å². The number of nitrogens with one attached hydrogen (secondary N) is 1. The van der Waals surface area contributed by atoms with Gasteiger partial charge in [-0.05, 0) is 12.5 Å². The fraction of sp³-hybridized carbons (Fsp3) is 0.278. The largest absolute Gasteiger partial charge is 0.422 e. The van der Waals surface area contributed by atoms with E-state index in [1.54, 1.807) is 24.3 Å². The molecule has 2 aromatic carbocycles. The van der Waals surface area contributed by atoms with E-state index in [1.807, 2.05) is 6.92 Å². The highest BCUT2D eigenvalue weighted by Gasteiger charge is 2.42. The van der Waals surface area contributed by atoms with E-state index in [9.17, 15) is 35.5 Å². The molecule has 3 N–H and O–H groups in total. The Kier molecular flexibility index (Phi) is 6.03. The van der Waals surface area contributed by atoms with E-state index in [1.165, 1.54) is 12.2 Å². The van der Waals surface area contributed by atoms with E-state index < -0.39 is 58.6 Å². The van der Waals surface area contributed by atoms with Crippen LogP contribution < -0.4 is 11.1 Å². The lowest BCUT2D eigenvalue weighted by Gasteiger charge is -2.21. The zero-order valence-corrected chi connectivity index (χ0v) is 14.6. The molecule has 1 amide bonds. The number of benzene rings is 2. The van der Waals surface area contributed by atoms with Crippen molar-refractivity contribution >= 4 is 11.6 Å². The van der Waals surface area contributed by atoms with Crippen molar-refractivity contribution in [1.29, 1.82) is 0 Å². The number of carbonyl (C=O) groups excluding carboxylic acids is 1. The minimum absolute atomic E-state index is 0.596. The number of nitrogens with two attached hydrogens (primary N) is 1. The van der Waals surface area contributed by atoms with Crippen LogP contribution in [0.2, 0.25) is 0 Å². The molecule has 0 aliphatic rings. The Labute approximate surface area is 155 Å². The summed E-state index contributed by atoms with van der Waals surface area (Å²) in [5.41, 5.74) is 2.85. The van der Waals surface area contributed by atoms with Crippen molar-refractivity contribution in [3.63, 3.8) is 0 Å². The molecule has 152 valence electrons. The van der Waals surface area contributed by atoms with Crippen LogP contribution in [0.25, 0.3) is 0 Å². The van der Waals surface area contributed by atoms with Gasteiger partial charge in [0.25, 0.3) is 0 Å². The van der Waals surface area contributed by atoms with E-state index >= 15 is 0 Å². The number of anilines is 1. The van der Waals surface area contributed by atoms with Crippen LogP contribution in [0.4, 0.5) is 36.4 Å². The Morgan fingerprint density at radius 3 is 1.86 bits per heavy atom. The van der Waals surface area contributed by atoms with Crippen LogP contribution in [0.3, 0.4) is 0 Å². The molecule has 0 saturated heterocycles. The predicted molar refractivity (Wildman–Crippen MR) is 87.5 cm³/mol. The highest BCUT2D eigenvalue weighted by Crippen LogP contribution is 2.38. The van der Waals surface area contributed by atoms with Gasteiger partial charge >= 0.3 is 6.18 Å². The molecule has 3 nitrogen and oxygen atoms in total. The zero-order valence-electron chi connectivity index (χ0n) is 14.6. The maximum absolute atomic E-state index is 13.9. The summed E-state index contributed by atoms with van der Waals surface area (Å²) >= 11 is 0. The van der Waals surface area contributed by atoms with Gasteiger partial charge < -0.3 is 11.1 Å². The molecule has 0 radical (unpaired) electrons. The standard InChI is InChI=1S/C18H15F7N2O/c1-7-3-5-9(6-4-7)8(2)15(26)17(28)27-16-13(21)11(19)10(18(23,24)25)12(20)14(16)22/h3-6,8,15H,26H2,1-2H3,(H,27,28)/t8?,15-/m0/s1. The van der Waals surface area contributed by atoms with Crippen LogP contribution in [0.1, 0.15) is 29.5 Å². The molecule has 0 aliphatic carbocycles. The quantitative estimate of drug-likeness (QED) is 0.572. The van der Waals surface area contributed by atoms with E-state index in [0.29, 0.717) is 5.56 Å². The number of aryl methyl sites for hydroxylation is 1. The Morgan fingerprint density at radius 1 is 0.964 bits per heavy atom. The summed E-state index contributed by atoms with van der Waals surface area (Å²) in [5, 5.41) is 1.54. The monoisotopic (exact) mass is 408 g/mol. The van der Waals surface area contributed by atoms with Crippen molar-refractivity contribution in [2.45, 2.75) is 32.0 Å². The van der Waals surface area contributed by atoms with Gasteiger partial charge in [-0.2, -0.15) is 13.2 Å². The number of halogens is 7. The summed E-state index contributed by atoms with van der Waals surface area (Å²) in [4.78, 5) is 12.2. The van der Waals surface area contributed by atoms with Crippen molar-refractivity contribution in [1.82, 2.24) is 0 Å². The minimum atomic E-state index is -5.67. The van der Waals surface area contributed by atoms with Gasteiger partial charge in [-0.25, -0.2) is 17.6 Å². The van der Waals surface area contributed by atoms with Crippen LogP contribution >= 0.6 is 0 Å². The van der Waals surface area contributed by atoms with E-state index in [2.05, 4.69) is 0 Å². The molecule has 0 bridgehead atoms. The highest BCUT2D eigenvalue weighted by molar-refractivity contribution is 5.95. The summed E-state index contributed by atoms with van der Waals surface area (Å²) in [5.74, 6) is -12.0. The maximum Gasteiger partial charge on any atom is 0.422 e. The molecule has 1 unspecified atom stereocenters. The Morgan fingerprint density at radius 2 is 1.43 bits per heavy atom. The third kappa shape index (κ3) is 4.11. The van der Waals surface area contributed by atoms with Crippen molar-refractivity contribution in [3.8, 4) is 0 Å². The topological polar surface area (TPSA) is 55.1 Å². The average molecular weight is 408 g/mol. The number of hydrogen-bond acceptors (Lipinski definition) is 2. The van der Waals surface area contributed by atoms with Crippen molar-refractivity contribution in [3.05, 3.63) is 64.2 Å². The summed E-state index contributed by atoms with van der Waals surface area (Å²) in [7, 11) is 0. The first-order valence-electron chi connectivity index (χ1n) is 7.92. The second-order valence-corrected chi connectivity index (χ2v) is 6.22. The van der Waals surface area contributed by atoms with E-state index in [0.717, 1.165) is 5.56 Å². The van der Waals surface area contributed by atoms with Crippen molar-refractivity contribution in [2.24, 2.45) is 5.73 Å². The second kappa shape index (κ2) is 7.78. The highest BCUT2D eigenvalue weighted by atomic mass is 19.4. The molecule has 10 heteroatoms. The van der Waals surface area contributed by atoms with Crippen LogP contribution in [-0.2, 0) is 11.0 Å². The number of hydrogen-bond donors (Lipinski definition) is 2. The van der Waals surface area contributed by atoms with Gasteiger partial charge in [0.05, 0.1) is 6.04 Å². The third-order valence-electron chi connectivity index (χ3n) is 4.24. The number of amides is 1. The van der Waals surface area contributed by atoms with Crippen molar-refractivity contribution < 1.29 is 35.5 Å². The van der Waals surface area contributed by atoms with Crippen molar-refractivity contribution in [2.75, 3.05) is 5.32 Å². The SMILES string of the molecule is Cc1ccc(C(C)[C@H](N)C(=O)Nc2c(F)c(F)c(C(F)(F)F)c(F)c2F)cc1. The minimum Gasteiger partial charge on any atom is -0.320 e. The molecule has 0 saturated carbocycles. The Balaban J connectivity index is 2.34. The van der Waals surface area contributed by atoms with Gasteiger partial charge in [0.15, 0.2) is 23.3 Å². The lowest BCUT2D eigenvalue weighted by Crippen LogP contribution is -2.40. The fourth-order valence-electron chi connectivity index (χ4n) is 2.50. The molecule has 0 aromatic heterocycles. The van der Waals surface area contributed by atoms with Crippen LogP contribution in [0.5, 0.6) is 0 Å². The van der Waals surface area contributed by atoms with Gasteiger partial charge in [-0.1, -0.05) is 36.8 Å². The molecule has 0 fully saturated rings. The first-order chi connectivity index (χ1) is 12.9. The zero-order chi connectivity index (χ0) is 21.4. The molecule has 0 aliphatic heterocycles. The Bertz CT molecular complexity index is 865. The summed E-state index contributed by atoms with van der Waals surface area (Å²) < 4.78 is 92.8. The lowest BCUT2D eigenvalue weighted by atomic mass is 9.92. The smallest absolute Gasteiger partial charge is 0.320 e. The van der Waals surface area contributed by atoms with Crippen LogP contribution in [-0.4, -0.2) is 11.9 Å². The van der Waals surface area contributed by atoms with Gasteiger partial charge in [-0.15, -0.1) is 0 Å². The van der Waals surface area contributed by atoms with Gasteiger partial charge in [0.2, 0.25) is 5.91 Å². The summed E-state index contributed by atoms with van der Waals surface area (Å²) in [6.07, 6.45) is -5.67. The van der Waals surface area contributed by atoms with Gasteiger partial charge in [-0.3, -0.25) is 4.79 Å². The van der Waals surface area contributed by atoms with Crippen LogP contribution in [0, 0.1) is 30.2 Å². The number of alkyl halides is 3. The number of carbonyl (C=O) groups is 1.